The van der Waals surface area contributed by atoms with E-state index in [1.54, 1.807) is 0 Å². The second kappa shape index (κ2) is 7.24. The highest BCUT2D eigenvalue weighted by atomic mass is 16.3. The van der Waals surface area contributed by atoms with Gasteiger partial charge in [0.2, 0.25) is 0 Å². The second-order valence-corrected chi connectivity index (χ2v) is 10.8. The van der Waals surface area contributed by atoms with Gasteiger partial charge in [-0.15, -0.1) is 0 Å². The number of hydrogen-bond donors (Lipinski definition) is 0. The van der Waals surface area contributed by atoms with E-state index in [2.05, 4.69) is 69.9 Å². The molecule has 0 fully saturated rings. The molecule has 0 aliphatic rings. The van der Waals surface area contributed by atoms with Crippen molar-refractivity contribution in [1.82, 2.24) is 4.40 Å². The normalized spacial score (nSPS) is 12.4. The van der Waals surface area contributed by atoms with Crippen LogP contribution in [0.4, 0.5) is 5.69 Å². The zero-order chi connectivity index (χ0) is 26.8. The molecule has 0 aliphatic heterocycles. The molecular formula is C37H18N2O2. The number of nitrogens with zero attached hydrogens (tertiary/aromatic N) is 2. The van der Waals surface area contributed by atoms with E-state index < -0.39 is 0 Å². The van der Waals surface area contributed by atoms with Crippen molar-refractivity contribution in [3.8, 4) is 11.1 Å². The number of rotatable bonds is 1. The van der Waals surface area contributed by atoms with Gasteiger partial charge in [-0.05, 0) is 47.5 Å². The maximum absolute atomic E-state index is 7.81. The van der Waals surface area contributed by atoms with Crippen LogP contribution < -0.4 is 0 Å². The van der Waals surface area contributed by atoms with Crippen LogP contribution in [-0.4, -0.2) is 4.40 Å². The van der Waals surface area contributed by atoms with Crippen molar-refractivity contribution in [3.63, 3.8) is 0 Å². The number of hydrogen-bond acceptors (Lipinski definition) is 2. The van der Waals surface area contributed by atoms with E-state index >= 15 is 0 Å². The molecule has 10 rings (SSSR count). The van der Waals surface area contributed by atoms with Gasteiger partial charge in [-0.1, -0.05) is 72.8 Å². The third-order valence-corrected chi connectivity index (χ3v) is 8.74. The predicted molar refractivity (Wildman–Crippen MR) is 167 cm³/mol. The number of furan rings is 2. The molecule has 0 radical (unpaired) electrons. The summed E-state index contributed by atoms with van der Waals surface area (Å²) < 4.78 is 15.6. The Morgan fingerprint density at radius 3 is 1.59 bits per heavy atom. The molecule has 10 aromatic rings. The van der Waals surface area contributed by atoms with E-state index in [1.165, 1.54) is 0 Å². The third-order valence-electron chi connectivity index (χ3n) is 8.74. The van der Waals surface area contributed by atoms with Crippen molar-refractivity contribution in [3.05, 3.63) is 121 Å². The number of aromatic nitrogens is 1. The van der Waals surface area contributed by atoms with Gasteiger partial charge in [-0.3, -0.25) is 0 Å². The minimum absolute atomic E-state index is 0.647. The summed E-state index contributed by atoms with van der Waals surface area (Å²) in [5.41, 5.74) is 9.32. The fourth-order valence-corrected chi connectivity index (χ4v) is 7.02. The quantitative estimate of drug-likeness (QED) is 0.201. The lowest BCUT2D eigenvalue weighted by Gasteiger charge is -2.06. The lowest BCUT2D eigenvalue weighted by Crippen LogP contribution is -1.82. The first-order valence-corrected chi connectivity index (χ1v) is 13.6. The molecule has 6 aromatic carbocycles. The summed E-state index contributed by atoms with van der Waals surface area (Å²) >= 11 is 0. The summed E-state index contributed by atoms with van der Waals surface area (Å²) in [6, 6.07) is 37.6. The molecule has 41 heavy (non-hydrogen) atoms. The van der Waals surface area contributed by atoms with E-state index in [9.17, 15) is 0 Å². The standard InChI is InChI=1S/C37H18N2O2/c1-38-30-11-5-2-8-21(30)20-18-28-24-14-16-26-22-9-3-6-12-31(22)40-36(26)34(24)39-33(28)29(19-20)25-15-17-27-23-10-4-7-13-32(23)41-37(27)35(25)39/h2-19H. The Hall–Kier alpha value is -5.79. The minimum atomic E-state index is 0.647. The molecule has 0 saturated heterocycles. The van der Waals surface area contributed by atoms with Crippen molar-refractivity contribution in [2.24, 2.45) is 0 Å². The minimum Gasteiger partial charge on any atom is -0.454 e. The lowest BCUT2D eigenvalue weighted by molar-refractivity contribution is 0.670. The van der Waals surface area contributed by atoms with Gasteiger partial charge in [-0.2, -0.15) is 0 Å². The van der Waals surface area contributed by atoms with Crippen LogP contribution in [0.2, 0.25) is 0 Å². The summed E-state index contributed by atoms with van der Waals surface area (Å²) in [7, 11) is 0. The van der Waals surface area contributed by atoms with Crippen molar-refractivity contribution < 1.29 is 8.83 Å². The van der Waals surface area contributed by atoms with Crippen LogP contribution in [0.1, 0.15) is 0 Å². The van der Waals surface area contributed by atoms with Crippen LogP contribution in [0.25, 0.3) is 97.9 Å². The Balaban J connectivity index is 1.51. The lowest BCUT2D eigenvalue weighted by atomic mass is 9.97. The van der Waals surface area contributed by atoms with Gasteiger partial charge in [0.1, 0.15) is 11.2 Å². The topological polar surface area (TPSA) is 35.0 Å². The summed E-state index contributed by atoms with van der Waals surface area (Å²) in [4.78, 5) is 3.83. The first-order valence-electron chi connectivity index (χ1n) is 13.6. The Labute approximate surface area is 232 Å². The largest absolute Gasteiger partial charge is 0.454 e. The molecule has 4 heterocycles. The highest BCUT2D eigenvalue weighted by Gasteiger charge is 2.25. The molecule has 188 valence electrons. The Morgan fingerprint density at radius 2 is 1.00 bits per heavy atom. The molecule has 4 aromatic heterocycles. The van der Waals surface area contributed by atoms with Crippen molar-refractivity contribution in [2.45, 2.75) is 0 Å². The number of para-hydroxylation sites is 3. The summed E-state index contributed by atoms with van der Waals surface area (Å²) in [6.07, 6.45) is 0. The molecule has 0 bridgehead atoms. The van der Waals surface area contributed by atoms with Gasteiger partial charge >= 0.3 is 0 Å². The van der Waals surface area contributed by atoms with E-state index in [1.807, 2.05) is 48.5 Å². The highest BCUT2D eigenvalue weighted by Crippen LogP contribution is 2.48. The first kappa shape index (κ1) is 21.1. The summed E-state index contributed by atoms with van der Waals surface area (Å²) in [5, 5.41) is 8.91. The molecule has 0 aliphatic carbocycles. The molecule has 0 spiro atoms. The predicted octanol–water partition coefficient (Wildman–Crippen LogP) is 10.9. The van der Waals surface area contributed by atoms with Crippen LogP contribution >= 0.6 is 0 Å². The van der Waals surface area contributed by atoms with Gasteiger partial charge in [0.25, 0.3) is 0 Å². The molecular weight excluding hydrogens is 504 g/mol. The van der Waals surface area contributed by atoms with Gasteiger partial charge < -0.3 is 13.2 Å². The second-order valence-electron chi connectivity index (χ2n) is 10.8. The average Bonchev–Trinajstić information content (AvgIpc) is 3.76. The van der Waals surface area contributed by atoms with E-state index in [0.29, 0.717) is 5.69 Å². The summed E-state index contributed by atoms with van der Waals surface area (Å²) in [5.74, 6) is 0. The highest BCUT2D eigenvalue weighted by molar-refractivity contribution is 6.32. The maximum atomic E-state index is 7.81. The van der Waals surface area contributed by atoms with Crippen LogP contribution in [-0.2, 0) is 0 Å². The average molecular weight is 523 g/mol. The molecule has 0 N–H and O–H groups in total. The fourth-order valence-electron chi connectivity index (χ4n) is 7.02. The molecule has 4 nitrogen and oxygen atoms in total. The van der Waals surface area contributed by atoms with Crippen molar-refractivity contribution >= 4 is 87.7 Å². The third kappa shape index (κ3) is 2.50. The zero-order valence-corrected chi connectivity index (χ0v) is 21.6. The van der Waals surface area contributed by atoms with E-state index in [0.717, 1.165) is 93.1 Å². The maximum Gasteiger partial charge on any atom is 0.194 e. The van der Waals surface area contributed by atoms with Gasteiger partial charge in [0.05, 0.1) is 23.1 Å². The monoisotopic (exact) mass is 522 g/mol. The fraction of sp³-hybridized carbons (Fsp3) is 0. The molecule has 0 atom stereocenters. The van der Waals surface area contributed by atoms with Gasteiger partial charge in [0, 0.05) is 43.1 Å². The molecule has 0 amide bonds. The van der Waals surface area contributed by atoms with Crippen LogP contribution in [0.15, 0.2) is 118 Å². The first-order chi connectivity index (χ1) is 20.3. The molecule has 0 unspecified atom stereocenters. The molecule has 0 saturated carbocycles. The van der Waals surface area contributed by atoms with Crippen molar-refractivity contribution in [2.75, 3.05) is 0 Å². The summed E-state index contributed by atoms with van der Waals surface area (Å²) in [6.45, 7) is 7.81. The van der Waals surface area contributed by atoms with Crippen LogP contribution in [0, 0.1) is 6.57 Å². The SMILES string of the molecule is [C-]#[N+]c1ccccc1-c1cc2c3ccc4c5ccccc5oc4c3n3c2c(c1)c1ccc2c4ccccc4oc2c13. The zero-order valence-electron chi connectivity index (χ0n) is 21.6. The molecule has 4 heteroatoms. The Kier molecular flexibility index (Phi) is 3.72. The Bertz CT molecular complexity index is 2610. The Morgan fingerprint density at radius 1 is 0.488 bits per heavy atom. The van der Waals surface area contributed by atoms with E-state index in [4.69, 9.17) is 15.4 Å². The smallest absolute Gasteiger partial charge is 0.194 e. The van der Waals surface area contributed by atoms with Crippen LogP contribution in [0.5, 0.6) is 0 Å². The van der Waals surface area contributed by atoms with Gasteiger partial charge in [-0.25, -0.2) is 4.85 Å². The van der Waals surface area contributed by atoms with E-state index in [-0.39, 0.29) is 0 Å². The van der Waals surface area contributed by atoms with Gasteiger partial charge in [0.15, 0.2) is 16.9 Å². The van der Waals surface area contributed by atoms with Crippen molar-refractivity contribution in [1.29, 1.82) is 0 Å². The van der Waals surface area contributed by atoms with Crippen LogP contribution in [0.3, 0.4) is 0 Å². The number of fused-ring (bicyclic) bond motifs is 14. The number of benzene rings is 6.